The van der Waals surface area contributed by atoms with Crippen LogP contribution in [0.1, 0.15) is 30.3 Å². The molecule has 1 heterocycles. The Bertz CT molecular complexity index is 465. The number of nitrogens with one attached hydrogen (secondary N) is 1. The van der Waals surface area contributed by atoms with Crippen molar-refractivity contribution in [3.05, 3.63) is 52.2 Å². The van der Waals surface area contributed by atoms with Crippen LogP contribution in [0.2, 0.25) is 0 Å². The summed E-state index contributed by atoms with van der Waals surface area (Å²) in [6, 6.07) is 13.6. The van der Waals surface area contributed by atoms with E-state index in [2.05, 4.69) is 60.9 Å². The predicted molar refractivity (Wildman–Crippen MR) is 82.4 cm³/mol. The Kier molecular flexibility index (Phi) is 5.29. The molecule has 0 spiro atoms. The van der Waals surface area contributed by atoms with Crippen LogP contribution in [0.25, 0.3) is 0 Å². The molecule has 0 saturated heterocycles. The number of benzene rings is 1. The van der Waals surface area contributed by atoms with Crippen molar-refractivity contribution in [2.24, 2.45) is 0 Å². The summed E-state index contributed by atoms with van der Waals surface area (Å²) in [5, 5.41) is 5.59. The van der Waals surface area contributed by atoms with Crippen LogP contribution in [-0.2, 0) is 5.75 Å². The minimum Gasteiger partial charge on any atom is -0.310 e. The fourth-order valence-corrected chi connectivity index (χ4v) is 3.58. The fraction of sp³-hybridized carbons (Fsp3) is 0.333. The molecular formula is C15H19NS2. The number of rotatable bonds is 6. The third-order valence-electron chi connectivity index (χ3n) is 2.83. The number of hydrogen-bond acceptors (Lipinski definition) is 3. The van der Waals surface area contributed by atoms with Crippen LogP contribution in [0, 0.1) is 0 Å². The highest BCUT2D eigenvalue weighted by atomic mass is 32.2. The van der Waals surface area contributed by atoms with Gasteiger partial charge in [0.25, 0.3) is 0 Å². The first-order chi connectivity index (χ1) is 8.79. The van der Waals surface area contributed by atoms with E-state index >= 15 is 0 Å². The molecule has 0 aliphatic heterocycles. The summed E-state index contributed by atoms with van der Waals surface area (Å²) in [4.78, 5) is 2.79. The van der Waals surface area contributed by atoms with Crippen molar-refractivity contribution in [3.8, 4) is 0 Å². The third-order valence-corrected chi connectivity index (χ3v) is 4.93. The lowest BCUT2D eigenvalue weighted by Gasteiger charge is -2.13. The molecule has 0 fully saturated rings. The Hall–Kier alpha value is -0.770. The minimum atomic E-state index is 0.428. The Balaban J connectivity index is 1.98. The first kappa shape index (κ1) is 13.7. The Labute approximate surface area is 118 Å². The second-order valence-electron chi connectivity index (χ2n) is 4.22. The lowest BCUT2D eigenvalue weighted by atomic mass is 10.1. The van der Waals surface area contributed by atoms with E-state index < -0.39 is 0 Å². The maximum Gasteiger partial charge on any atom is 0.0326 e. The lowest BCUT2D eigenvalue weighted by Crippen LogP contribution is -2.17. The van der Waals surface area contributed by atoms with Gasteiger partial charge in [-0.1, -0.05) is 25.1 Å². The summed E-state index contributed by atoms with van der Waals surface area (Å²) in [5.41, 5.74) is 1.37. The van der Waals surface area contributed by atoms with E-state index in [0.717, 1.165) is 12.3 Å². The molecule has 1 unspecified atom stereocenters. The van der Waals surface area contributed by atoms with E-state index in [-0.39, 0.29) is 0 Å². The van der Waals surface area contributed by atoms with E-state index in [9.17, 15) is 0 Å². The summed E-state index contributed by atoms with van der Waals surface area (Å²) in [6.45, 7) is 5.37. The van der Waals surface area contributed by atoms with Crippen molar-refractivity contribution >= 4 is 23.1 Å². The van der Waals surface area contributed by atoms with Gasteiger partial charge in [0.05, 0.1) is 0 Å². The summed E-state index contributed by atoms with van der Waals surface area (Å²) in [5.74, 6) is 1.07. The van der Waals surface area contributed by atoms with Gasteiger partial charge in [-0.2, -0.15) is 0 Å². The molecule has 1 atom stereocenters. The van der Waals surface area contributed by atoms with Crippen LogP contribution in [0.15, 0.2) is 46.7 Å². The molecule has 96 valence electrons. The average molecular weight is 277 g/mol. The zero-order valence-corrected chi connectivity index (χ0v) is 12.5. The summed E-state index contributed by atoms with van der Waals surface area (Å²) >= 11 is 3.74. The van der Waals surface area contributed by atoms with Crippen LogP contribution in [0.5, 0.6) is 0 Å². The highest BCUT2D eigenvalue weighted by molar-refractivity contribution is 7.98. The average Bonchev–Trinajstić information content (AvgIpc) is 2.90. The molecular weight excluding hydrogens is 258 g/mol. The second kappa shape index (κ2) is 6.98. The van der Waals surface area contributed by atoms with Crippen molar-refractivity contribution in [2.45, 2.75) is 30.5 Å². The van der Waals surface area contributed by atoms with Crippen LogP contribution >= 0.6 is 23.1 Å². The zero-order valence-electron chi connectivity index (χ0n) is 10.8. The van der Waals surface area contributed by atoms with Crippen molar-refractivity contribution in [1.29, 1.82) is 0 Å². The van der Waals surface area contributed by atoms with Crippen molar-refractivity contribution < 1.29 is 0 Å². The minimum absolute atomic E-state index is 0.428. The molecule has 0 aliphatic carbocycles. The van der Waals surface area contributed by atoms with Gasteiger partial charge in [0.1, 0.15) is 0 Å². The molecule has 1 N–H and O–H groups in total. The molecule has 1 aromatic heterocycles. The van der Waals surface area contributed by atoms with E-state index in [1.54, 1.807) is 0 Å². The molecule has 0 saturated carbocycles. The molecule has 2 aromatic rings. The van der Waals surface area contributed by atoms with Gasteiger partial charge in [-0.05, 0) is 42.6 Å². The largest absolute Gasteiger partial charge is 0.310 e. The topological polar surface area (TPSA) is 12.0 Å². The monoisotopic (exact) mass is 277 g/mol. The maximum absolute atomic E-state index is 3.45. The van der Waals surface area contributed by atoms with Crippen molar-refractivity contribution in [3.63, 3.8) is 0 Å². The normalized spacial score (nSPS) is 12.6. The fourth-order valence-electron chi connectivity index (χ4n) is 1.85. The zero-order chi connectivity index (χ0) is 12.8. The van der Waals surface area contributed by atoms with Crippen LogP contribution in [-0.4, -0.2) is 6.54 Å². The molecule has 0 radical (unpaired) electrons. The summed E-state index contributed by atoms with van der Waals surface area (Å²) in [7, 11) is 0. The predicted octanol–water partition coefficient (Wildman–Crippen LogP) is 4.71. The Morgan fingerprint density at radius 1 is 1.28 bits per heavy atom. The Morgan fingerprint density at radius 3 is 2.89 bits per heavy atom. The highest BCUT2D eigenvalue weighted by Crippen LogP contribution is 2.27. The van der Waals surface area contributed by atoms with E-state index in [0.29, 0.717) is 6.04 Å². The van der Waals surface area contributed by atoms with Gasteiger partial charge in [0, 0.05) is 21.6 Å². The van der Waals surface area contributed by atoms with Gasteiger partial charge in [0.15, 0.2) is 0 Å². The van der Waals surface area contributed by atoms with Gasteiger partial charge < -0.3 is 5.32 Å². The summed E-state index contributed by atoms with van der Waals surface area (Å²) < 4.78 is 0. The first-order valence-electron chi connectivity index (χ1n) is 6.28. The highest BCUT2D eigenvalue weighted by Gasteiger charge is 2.04. The molecule has 3 heteroatoms. The van der Waals surface area contributed by atoms with Crippen LogP contribution < -0.4 is 5.32 Å². The van der Waals surface area contributed by atoms with Gasteiger partial charge in [0.2, 0.25) is 0 Å². The van der Waals surface area contributed by atoms with Crippen molar-refractivity contribution in [1.82, 2.24) is 5.32 Å². The quantitative estimate of drug-likeness (QED) is 0.767. The Morgan fingerprint density at radius 2 is 2.17 bits per heavy atom. The molecule has 0 bridgehead atoms. The van der Waals surface area contributed by atoms with Gasteiger partial charge >= 0.3 is 0 Å². The van der Waals surface area contributed by atoms with Gasteiger partial charge in [-0.25, -0.2) is 0 Å². The maximum atomic E-state index is 3.45. The molecule has 0 amide bonds. The standard InChI is InChI=1S/C15H19NS2/c1-3-16-12(2)13-6-4-7-14(10-13)18-11-15-8-5-9-17-15/h4-10,12,16H,3,11H2,1-2H3. The molecule has 2 rings (SSSR count). The molecule has 18 heavy (non-hydrogen) atoms. The number of thioether (sulfide) groups is 1. The summed E-state index contributed by atoms with van der Waals surface area (Å²) in [6.07, 6.45) is 0. The smallest absolute Gasteiger partial charge is 0.0326 e. The number of thiophene rings is 1. The SMILES string of the molecule is CCNC(C)c1cccc(SCc2cccs2)c1. The third kappa shape index (κ3) is 3.87. The van der Waals surface area contributed by atoms with E-state index in [1.165, 1.54) is 15.3 Å². The van der Waals surface area contributed by atoms with Crippen molar-refractivity contribution in [2.75, 3.05) is 6.54 Å². The number of hydrogen-bond donors (Lipinski definition) is 1. The van der Waals surface area contributed by atoms with Crippen LogP contribution in [0.4, 0.5) is 0 Å². The molecule has 1 aromatic carbocycles. The van der Waals surface area contributed by atoms with E-state index in [4.69, 9.17) is 0 Å². The van der Waals surface area contributed by atoms with Gasteiger partial charge in [-0.3, -0.25) is 0 Å². The molecule has 1 nitrogen and oxygen atoms in total. The lowest BCUT2D eigenvalue weighted by molar-refractivity contribution is 0.597. The first-order valence-corrected chi connectivity index (χ1v) is 8.14. The van der Waals surface area contributed by atoms with Crippen LogP contribution in [0.3, 0.4) is 0 Å². The van der Waals surface area contributed by atoms with Gasteiger partial charge in [-0.15, -0.1) is 23.1 Å². The molecule has 0 aliphatic rings. The van der Waals surface area contributed by atoms with E-state index in [1.807, 2.05) is 23.1 Å². The second-order valence-corrected chi connectivity index (χ2v) is 6.30.